The van der Waals surface area contributed by atoms with Gasteiger partial charge < -0.3 is 10.2 Å². The van der Waals surface area contributed by atoms with E-state index in [1.54, 1.807) is 48.5 Å². The lowest BCUT2D eigenvalue weighted by molar-refractivity contribution is -0.111. The summed E-state index contributed by atoms with van der Waals surface area (Å²) in [6.07, 6.45) is 5.11. The van der Waals surface area contributed by atoms with Gasteiger partial charge in [-0.1, -0.05) is 23.2 Å². The monoisotopic (exact) mass is 388 g/mol. The SMILES string of the molecule is O=C(/C=C/c1cc(Cl)ccc1Cl)Nc1ccc(C(=O)N2CCCC2)cc1. The van der Waals surface area contributed by atoms with Crippen molar-refractivity contribution < 1.29 is 9.59 Å². The Kier molecular flexibility index (Phi) is 5.96. The van der Waals surface area contributed by atoms with E-state index in [2.05, 4.69) is 5.32 Å². The number of likely N-dealkylation sites (tertiary alicyclic amines) is 1. The Hall–Kier alpha value is -2.30. The fraction of sp³-hybridized carbons (Fsp3) is 0.200. The number of nitrogens with zero attached hydrogens (tertiary/aromatic N) is 1. The average Bonchev–Trinajstić information content (AvgIpc) is 3.17. The number of anilines is 1. The summed E-state index contributed by atoms with van der Waals surface area (Å²) in [5.41, 5.74) is 1.92. The van der Waals surface area contributed by atoms with Crippen molar-refractivity contribution >= 4 is 46.8 Å². The molecule has 26 heavy (non-hydrogen) atoms. The van der Waals surface area contributed by atoms with Crippen molar-refractivity contribution in [3.05, 3.63) is 69.7 Å². The first-order chi connectivity index (χ1) is 12.5. The second-order valence-corrected chi connectivity index (χ2v) is 6.91. The van der Waals surface area contributed by atoms with Crippen molar-refractivity contribution in [3.63, 3.8) is 0 Å². The van der Waals surface area contributed by atoms with E-state index in [-0.39, 0.29) is 11.8 Å². The van der Waals surface area contributed by atoms with E-state index >= 15 is 0 Å². The highest BCUT2D eigenvalue weighted by Gasteiger charge is 2.19. The van der Waals surface area contributed by atoms with Crippen LogP contribution in [0.2, 0.25) is 10.0 Å². The van der Waals surface area contributed by atoms with Crippen LogP contribution >= 0.6 is 23.2 Å². The zero-order valence-corrected chi connectivity index (χ0v) is 15.6. The van der Waals surface area contributed by atoms with Crippen LogP contribution in [0.5, 0.6) is 0 Å². The average molecular weight is 389 g/mol. The fourth-order valence-electron chi connectivity index (χ4n) is 2.79. The van der Waals surface area contributed by atoms with Gasteiger partial charge in [-0.15, -0.1) is 0 Å². The van der Waals surface area contributed by atoms with Crippen LogP contribution in [0.3, 0.4) is 0 Å². The van der Waals surface area contributed by atoms with Crippen LogP contribution < -0.4 is 5.32 Å². The summed E-state index contributed by atoms with van der Waals surface area (Å²) in [5, 5.41) is 3.82. The standard InChI is InChI=1S/C20H18Cl2N2O2/c21-16-6-9-18(22)15(13-16)5-10-19(25)23-17-7-3-14(4-8-17)20(26)24-11-1-2-12-24/h3-10,13H,1-2,11-12H2,(H,23,25)/b10-5+. The number of nitrogens with one attached hydrogen (secondary N) is 1. The van der Waals surface area contributed by atoms with Gasteiger partial charge in [-0.25, -0.2) is 0 Å². The van der Waals surface area contributed by atoms with Gasteiger partial charge in [0.25, 0.3) is 5.91 Å². The first-order valence-electron chi connectivity index (χ1n) is 8.36. The highest BCUT2D eigenvalue weighted by Crippen LogP contribution is 2.22. The van der Waals surface area contributed by atoms with Gasteiger partial charge in [0.05, 0.1) is 0 Å². The zero-order chi connectivity index (χ0) is 18.5. The van der Waals surface area contributed by atoms with Crippen molar-refractivity contribution in [2.75, 3.05) is 18.4 Å². The van der Waals surface area contributed by atoms with Crippen LogP contribution in [0.25, 0.3) is 6.08 Å². The van der Waals surface area contributed by atoms with E-state index in [4.69, 9.17) is 23.2 Å². The largest absolute Gasteiger partial charge is 0.339 e. The number of halogens is 2. The molecule has 2 amide bonds. The maximum Gasteiger partial charge on any atom is 0.253 e. The quantitative estimate of drug-likeness (QED) is 0.758. The predicted molar refractivity (Wildman–Crippen MR) is 106 cm³/mol. The lowest BCUT2D eigenvalue weighted by atomic mass is 10.1. The minimum Gasteiger partial charge on any atom is -0.339 e. The van der Waals surface area contributed by atoms with Crippen LogP contribution in [0.4, 0.5) is 5.69 Å². The number of hydrogen-bond acceptors (Lipinski definition) is 2. The topological polar surface area (TPSA) is 49.4 Å². The molecule has 0 atom stereocenters. The fourth-order valence-corrected chi connectivity index (χ4v) is 3.15. The van der Waals surface area contributed by atoms with Gasteiger partial charge in [-0.05, 0) is 66.9 Å². The first kappa shape index (κ1) is 18.5. The van der Waals surface area contributed by atoms with Crippen LogP contribution in [-0.4, -0.2) is 29.8 Å². The van der Waals surface area contributed by atoms with Gasteiger partial charge in [0.1, 0.15) is 0 Å². The minimum atomic E-state index is -0.292. The van der Waals surface area contributed by atoms with Crippen molar-refractivity contribution in [2.45, 2.75) is 12.8 Å². The molecule has 2 aromatic rings. The molecule has 0 unspecified atom stereocenters. The van der Waals surface area contributed by atoms with Gasteiger partial charge in [-0.3, -0.25) is 9.59 Å². The van der Waals surface area contributed by atoms with E-state index in [0.717, 1.165) is 25.9 Å². The third-order valence-corrected chi connectivity index (χ3v) is 4.74. The van der Waals surface area contributed by atoms with Crippen molar-refractivity contribution in [1.82, 2.24) is 4.90 Å². The summed E-state index contributed by atoms with van der Waals surface area (Å²) >= 11 is 12.0. The highest BCUT2D eigenvalue weighted by atomic mass is 35.5. The molecule has 0 radical (unpaired) electrons. The maximum atomic E-state index is 12.3. The second-order valence-electron chi connectivity index (χ2n) is 6.07. The lowest BCUT2D eigenvalue weighted by Crippen LogP contribution is -2.27. The molecule has 1 aliphatic heterocycles. The number of benzene rings is 2. The molecule has 1 N–H and O–H groups in total. The smallest absolute Gasteiger partial charge is 0.253 e. The van der Waals surface area contributed by atoms with E-state index in [0.29, 0.717) is 26.9 Å². The molecule has 0 aliphatic carbocycles. The van der Waals surface area contributed by atoms with Gasteiger partial charge in [0, 0.05) is 40.5 Å². The summed E-state index contributed by atoms with van der Waals surface area (Å²) in [5.74, 6) is -0.254. The van der Waals surface area contributed by atoms with Gasteiger partial charge in [-0.2, -0.15) is 0 Å². The normalized spacial score (nSPS) is 14.0. The van der Waals surface area contributed by atoms with Crippen molar-refractivity contribution in [3.8, 4) is 0 Å². The molecule has 0 bridgehead atoms. The van der Waals surface area contributed by atoms with Crippen LogP contribution in [0, 0.1) is 0 Å². The summed E-state index contributed by atoms with van der Waals surface area (Å²) in [6.45, 7) is 1.63. The summed E-state index contributed by atoms with van der Waals surface area (Å²) in [7, 11) is 0. The zero-order valence-electron chi connectivity index (χ0n) is 14.0. The number of carbonyl (C=O) groups excluding carboxylic acids is 2. The van der Waals surface area contributed by atoms with E-state index in [1.165, 1.54) is 6.08 Å². The molecule has 3 rings (SSSR count). The Bertz CT molecular complexity index is 841. The summed E-state index contributed by atoms with van der Waals surface area (Å²) in [4.78, 5) is 26.2. The lowest BCUT2D eigenvalue weighted by Gasteiger charge is -2.15. The summed E-state index contributed by atoms with van der Waals surface area (Å²) < 4.78 is 0. The van der Waals surface area contributed by atoms with Gasteiger partial charge >= 0.3 is 0 Å². The van der Waals surface area contributed by atoms with E-state index < -0.39 is 0 Å². The Balaban J connectivity index is 1.61. The Morgan fingerprint density at radius 3 is 2.38 bits per heavy atom. The molecule has 1 saturated heterocycles. The molecule has 1 aliphatic rings. The Labute approximate surface area is 162 Å². The van der Waals surface area contributed by atoms with Crippen molar-refractivity contribution in [2.24, 2.45) is 0 Å². The van der Waals surface area contributed by atoms with Crippen LogP contribution in [0.15, 0.2) is 48.5 Å². The molecule has 1 fully saturated rings. The third-order valence-electron chi connectivity index (χ3n) is 4.16. The molecule has 0 aromatic heterocycles. The molecule has 4 nitrogen and oxygen atoms in total. The van der Waals surface area contributed by atoms with Crippen LogP contribution in [0.1, 0.15) is 28.8 Å². The van der Waals surface area contributed by atoms with Gasteiger partial charge in [0.15, 0.2) is 0 Å². The van der Waals surface area contributed by atoms with Crippen molar-refractivity contribution in [1.29, 1.82) is 0 Å². The molecule has 2 aromatic carbocycles. The second kappa shape index (κ2) is 8.39. The van der Waals surface area contributed by atoms with Crippen LogP contribution in [-0.2, 0) is 4.79 Å². The third kappa shape index (κ3) is 4.65. The van der Waals surface area contributed by atoms with E-state index in [9.17, 15) is 9.59 Å². The molecular formula is C20H18Cl2N2O2. The molecule has 6 heteroatoms. The number of carbonyl (C=O) groups is 2. The number of hydrogen-bond donors (Lipinski definition) is 1. The molecule has 0 spiro atoms. The Morgan fingerprint density at radius 2 is 1.69 bits per heavy atom. The minimum absolute atomic E-state index is 0.0378. The summed E-state index contributed by atoms with van der Waals surface area (Å²) in [6, 6.07) is 12.0. The Morgan fingerprint density at radius 1 is 1.00 bits per heavy atom. The number of rotatable bonds is 4. The van der Waals surface area contributed by atoms with E-state index in [1.807, 2.05) is 4.90 Å². The molecular weight excluding hydrogens is 371 g/mol. The number of amides is 2. The first-order valence-corrected chi connectivity index (χ1v) is 9.12. The molecule has 0 saturated carbocycles. The van der Waals surface area contributed by atoms with Gasteiger partial charge in [0.2, 0.25) is 5.91 Å². The molecule has 134 valence electrons. The predicted octanol–water partition coefficient (Wildman–Crippen LogP) is 4.88. The maximum absolute atomic E-state index is 12.3. The molecule has 1 heterocycles. The highest BCUT2D eigenvalue weighted by molar-refractivity contribution is 6.34.